The van der Waals surface area contributed by atoms with Crippen molar-refractivity contribution in [2.75, 3.05) is 0 Å². The number of aromatic hydroxyl groups is 3. The van der Waals surface area contributed by atoms with E-state index in [0.29, 0.717) is 11.3 Å². The Bertz CT molecular complexity index is 937. The molecule has 6 heteroatoms. The Hall–Kier alpha value is -3.15. The van der Waals surface area contributed by atoms with E-state index in [0.717, 1.165) is 0 Å². The second-order valence-corrected chi connectivity index (χ2v) is 6.99. The van der Waals surface area contributed by atoms with Gasteiger partial charge in [-0.25, -0.2) is 0 Å². The van der Waals surface area contributed by atoms with Gasteiger partial charge in [0.25, 0.3) is 0 Å². The molecule has 0 saturated heterocycles. The minimum absolute atomic E-state index is 0.0860. The summed E-state index contributed by atoms with van der Waals surface area (Å²) in [6.07, 6.45) is 2.56. The number of rotatable bonds is 1. The van der Waals surface area contributed by atoms with Crippen LogP contribution in [0.3, 0.4) is 0 Å². The molecular weight excluding hydrogens is 336 g/mol. The lowest BCUT2D eigenvalue weighted by Gasteiger charge is -2.32. The predicted molar refractivity (Wildman–Crippen MR) is 93.9 cm³/mol. The summed E-state index contributed by atoms with van der Waals surface area (Å²) in [7, 11) is 0. The zero-order valence-corrected chi connectivity index (χ0v) is 14.3. The van der Waals surface area contributed by atoms with E-state index in [2.05, 4.69) is 0 Å². The Balaban J connectivity index is 1.82. The lowest BCUT2D eigenvalue weighted by molar-refractivity contribution is 0.0836. The number of phenols is 3. The summed E-state index contributed by atoms with van der Waals surface area (Å²) in [5, 5.41) is 30.7. The van der Waals surface area contributed by atoms with Crippen LogP contribution in [-0.2, 0) is 0 Å². The van der Waals surface area contributed by atoms with E-state index in [4.69, 9.17) is 9.47 Å². The molecule has 0 fully saturated rings. The van der Waals surface area contributed by atoms with Crippen LogP contribution >= 0.6 is 0 Å². The van der Waals surface area contributed by atoms with Crippen LogP contribution in [0.1, 0.15) is 47.9 Å². The van der Waals surface area contributed by atoms with Crippen LogP contribution in [0.5, 0.6) is 28.7 Å². The number of carbonyl (C=O) groups is 1. The molecule has 0 amide bonds. The van der Waals surface area contributed by atoms with Gasteiger partial charge in [0.15, 0.2) is 5.78 Å². The fourth-order valence-corrected chi connectivity index (χ4v) is 3.34. The van der Waals surface area contributed by atoms with Gasteiger partial charge in [-0.3, -0.25) is 4.79 Å². The monoisotopic (exact) mass is 354 g/mol. The normalized spacial score (nSPS) is 19.9. The molecule has 1 unspecified atom stereocenters. The third-order valence-electron chi connectivity index (χ3n) is 4.59. The van der Waals surface area contributed by atoms with Gasteiger partial charge in [-0.1, -0.05) is 6.07 Å². The second kappa shape index (κ2) is 5.42. The van der Waals surface area contributed by atoms with Gasteiger partial charge in [-0.2, -0.15) is 0 Å². The molecule has 4 rings (SSSR count). The SMILES string of the molecule is CC1(C)C=Cc2c(cc3c(c2O)C(=O)CC(c2c(O)cccc2O)O3)O1. The molecule has 6 nitrogen and oxygen atoms in total. The predicted octanol–water partition coefficient (Wildman–Crippen LogP) is 3.69. The van der Waals surface area contributed by atoms with Crippen molar-refractivity contribution in [3.8, 4) is 28.7 Å². The summed E-state index contributed by atoms with van der Waals surface area (Å²) in [6, 6.07) is 5.90. The number of ether oxygens (including phenoxy) is 2. The maximum Gasteiger partial charge on any atom is 0.174 e. The molecule has 2 aromatic rings. The van der Waals surface area contributed by atoms with Crippen molar-refractivity contribution in [1.82, 2.24) is 0 Å². The summed E-state index contributed by atoms with van der Waals surface area (Å²) in [6.45, 7) is 3.75. The first-order chi connectivity index (χ1) is 12.3. The van der Waals surface area contributed by atoms with Crippen molar-refractivity contribution in [2.45, 2.75) is 32.0 Å². The van der Waals surface area contributed by atoms with Gasteiger partial charge >= 0.3 is 0 Å². The highest BCUT2D eigenvalue weighted by Gasteiger charge is 2.36. The Morgan fingerprint density at radius 2 is 1.81 bits per heavy atom. The highest BCUT2D eigenvalue weighted by Crippen LogP contribution is 2.49. The standard InChI is InChI=1S/C20H18O6/c1-20(2)7-6-10-14(26-20)9-16-18(19(10)24)13(23)8-15(25-16)17-11(21)4-3-5-12(17)22/h3-7,9,15,21-22,24H,8H2,1-2H3. The smallest absolute Gasteiger partial charge is 0.174 e. The Morgan fingerprint density at radius 1 is 1.12 bits per heavy atom. The maximum atomic E-state index is 12.7. The van der Waals surface area contributed by atoms with Gasteiger partial charge < -0.3 is 24.8 Å². The quantitative estimate of drug-likeness (QED) is 0.723. The summed E-state index contributed by atoms with van der Waals surface area (Å²) < 4.78 is 11.7. The van der Waals surface area contributed by atoms with E-state index in [1.54, 1.807) is 18.2 Å². The van der Waals surface area contributed by atoms with Crippen LogP contribution in [0, 0.1) is 0 Å². The van der Waals surface area contributed by atoms with Crippen LogP contribution in [0.2, 0.25) is 0 Å². The topological polar surface area (TPSA) is 96.2 Å². The third-order valence-corrected chi connectivity index (χ3v) is 4.59. The number of Topliss-reactive ketones (excluding diaryl/α,β-unsaturated/α-hetero) is 1. The van der Waals surface area contributed by atoms with Crippen molar-refractivity contribution in [3.63, 3.8) is 0 Å². The molecule has 3 N–H and O–H groups in total. The van der Waals surface area contributed by atoms with Crippen molar-refractivity contribution in [1.29, 1.82) is 0 Å². The minimum Gasteiger partial charge on any atom is -0.507 e. The number of hydrogen-bond acceptors (Lipinski definition) is 6. The van der Waals surface area contributed by atoms with Gasteiger partial charge in [0.2, 0.25) is 0 Å². The largest absolute Gasteiger partial charge is 0.507 e. The maximum absolute atomic E-state index is 12.7. The van der Waals surface area contributed by atoms with E-state index in [-0.39, 0.29) is 46.3 Å². The zero-order chi connectivity index (χ0) is 18.6. The number of hydrogen-bond donors (Lipinski definition) is 3. The van der Waals surface area contributed by atoms with Gasteiger partial charge in [0, 0.05) is 6.07 Å². The molecule has 2 heterocycles. The molecule has 2 aliphatic heterocycles. The lowest BCUT2D eigenvalue weighted by atomic mass is 9.91. The van der Waals surface area contributed by atoms with Crippen molar-refractivity contribution >= 4 is 11.9 Å². The number of ketones is 1. The number of phenolic OH excluding ortho intramolecular Hbond substituents is 3. The molecule has 0 bridgehead atoms. The molecular formula is C20H18O6. The zero-order valence-electron chi connectivity index (χ0n) is 14.3. The highest BCUT2D eigenvalue weighted by molar-refractivity contribution is 6.04. The van der Waals surface area contributed by atoms with Gasteiger partial charge in [0.05, 0.1) is 17.5 Å². The molecule has 0 aliphatic carbocycles. The fraction of sp³-hybridized carbons (Fsp3) is 0.250. The Labute approximate surface area is 149 Å². The summed E-state index contributed by atoms with van der Waals surface area (Å²) in [5.74, 6) is -0.269. The lowest BCUT2D eigenvalue weighted by Crippen LogP contribution is -2.28. The molecule has 0 saturated carbocycles. The Kier molecular flexibility index (Phi) is 3.41. The summed E-state index contributed by atoms with van der Waals surface area (Å²) >= 11 is 0. The molecule has 1 atom stereocenters. The van der Waals surface area contributed by atoms with E-state index in [9.17, 15) is 20.1 Å². The van der Waals surface area contributed by atoms with Crippen LogP contribution in [0.25, 0.3) is 6.08 Å². The van der Waals surface area contributed by atoms with E-state index in [1.165, 1.54) is 18.2 Å². The number of carbonyl (C=O) groups excluding carboxylic acids is 1. The minimum atomic E-state index is -0.860. The molecule has 2 aromatic carbocycles. The average Bonchev–Trinajstić information content (AvgIpc) is 2.53. The molecule has 0 radical (unpaired) electrons. The van der Waals surface area contributed by atoms with Crippen LogP contribution in [0.15, 0.2) is 30.3 Å². The molecule has 2 aliphatic rings. The molecule has 26 heavy (non-hydrogen) atoms. The van der Waals surface area contributed by atoms with E-state index in [1.807, 2.05) is 13.8 Å². The van der Waals surface area contributed by atoms with Crippen molar-refractivity contribution in [2.24, 2.45) is 0 Å². The first-order valence-corrected chi connectivity index (χ1v) is 8.26. The average molecular weight is 354 g/mol. The molecule has 134 valence electrons. The van der Waals surface area contributed by atoms with Crippen molar-refractivity contribution in [3.05, 3.63) is 47.0 Å². The van der Waals surface area contributed by atoms with Gasteiger partial charge in [-0.15, -0.1) is 0 Å². The summed E-state index contributed by atoms with van der Waals surface area (Å²) in [4.78, 5) is 12.7. The van der Waals surface area contributed by atoms with E-state index >= 15 is 0 Å². The van der Waals surface area contributed by atoms with Crippen LogP contribution in [0.4, 0.5) is 0 Å². The molecule has 0 aromatic heterocycles. The van der Waals surface area contributed by atoms with Gasteiger partial charge in [-0.05, 0) is 38.1 Å². The van der Waals surface area contributed by atoms with E-state index < -0.39 is 11.7 Å². The Morgan fingerprint density at radius 3 is 2.50 bits per heavy atom. The summed E-state index contributed by atoms with van der Waals surface area (Å²) in [5.41, 5.74) is 0.110. The highest BCUT2D eigenvalue weighted by atomic mass is 16.5. The van der Waals surface area contributed by atoms with Gasteiger partial charge in [0.1, 0.15) is 46.0 Å². The second-order valence-electron chi connectivity index (χ2n) is 6.99. The van der Waals surface area contributed by atoms with Crippen LogP contribution in [-0.4, -0.2) is 26.7 Å². The molecule has 0 spiro atoms. The fourth-order valence-electron chi connectivity index (χ4n) is 3.34. The first-order valence-electron chi connectivity index (χ1n) is 8.26. The van der Waals surface area contributed by atoms with Crippen molar-refractivity contribution < 1.29 is 29.6 Å². The number of benzene rings is 2. The first kappa shape index (κ1) is 16.3. The number of fused-ring (bicyclic) bond motifs is 2. The third kappa shape index (κ3) is 2.45. The van der Waals surface area contributed by atoms with Crippen LogP contribution < -0.4 is 9.47 Å².